The number of aromatic nitrogens is 3. The van der Waals surface area contributed by atoms with E-state index in [1.807, 2.05) is 11.8 Å². The molecule has 0 bridgehead atoms. The zero-order chi connectivity index (χ0) is 17.9. The third-order valence-electron chi connectivity index (χ3n) is 5.62. The summed E-state index contributed by atoms with van der Waals surface area (Å²) >= 11 is 0. The first-order chi connectivity index (χ1) is 12.7. The Kier molecular flexibility index (Phi) is 5.02. The van der Waals surface area contributed by atoms with Crippen molar-refractivity contribution in [2.45, 2.75) is 39.0 Å². The van der Waals surface area contributed by atoms with Gasteiger partial charge in [0.2, 0.25) is 5.91 Å². The van der Waals surface area contributed by atoms with Crippen LogP contribution in [0.3, 0.4) is 0 Å². The molecule has 26 heavy (non-hydrogen) atoms. The zero-order valence-electron chi connectivity index (χ0n) is 15.5. The minimum atomic E-state index is 0.282. The van der Waals surface area contributed by atoms with Gasteiger partial charge in [-0.05, 0) is 50.9 Å². The summed E-state index contributed by atoms with van der Waals surface area (Å²) in [7, 11) is 0. The molecule has 2 aliphatic rings. The second-order valence-corrected chi connectivity index (χ2v) is 7.38. The molecule has 6 nitrogen and oxygen atoms in total. The number of hydrogen-bond donors (Lipinski definition) is 1. The van der Waals surface area contributed by atoms with Gasteiger partial charge in [0, 0.05) is 37.1 Å². The summed E-state index contributed by atoms with van der Waals surface area (Å²) in [5.74, 6) is 0.282. The van der Waals surface area contributed by atoms with Crippen molar-refractivity contribution < 1.29 is 4.79 Å². The molecule has 4 rings (SSSR count). The number of piperidine rings is 1. The van der Waals surface area contributed by atoms with E-state index in [1.54, 1.807) is 6.33 Å². The van der Waals surface area contributed by atoms with Gasteiger partial charge in [-0.15, -0.1) is 0 Å². The van der Waals surface area contributed by atoms with Crippen LogP contribution in [0.4, 0.5) is 0 Å². The average molecular weight is 353 g/mol. The maximum Gasteiger partial charge on any atom is 0.224 e. The molecule has 4 heterocycles. The SMILES string of the molecule is Cc1ncnc2[nH]c(C3=CCN(C(=O)CCN4CCCCC4)CC3)cc12. The van der Waals surface area contributed by atoms with Crippen LogP contribution in [-0.4, -0.2) is 63.4 Å². The summed E-state index contributed by atoms with van der Waals surface area (Å²) in [6.07, 6.45) is 9.19. The number of fused-ring (bicyclic) bond motifs is 1. The fraction of sp³-hybridized carbons (Fsp3) is 0.550. The largest absolute Gasteiger partial charge is 0.339 e. The second-order valence-electron chi connectivity index (χ2n) is 7.38. The lowest BCUT2D eigenvalue weighted by atomic mass is 10.0. The number of hydrogen-bond acceptors (Lipinski definition) is 4. The molecule has 0 radical (unpaired) electrons. The van der Waals surface area contributed by atoms with Gasteiger partial charge >= 0.3 is 0 Å². The van der Waals surface area contributed by atoms with Crippen molar-refractivity contribution in [2.24, 2.45) is 0 Å². The van der Waals surface area contributed by atoms with Crippen molar-refractivity contribution in [1.29, 1.82) is 0 Å². The van der Waals surface area contributed by atoms with Crippen molar-refractivity contribution in [3.63, 3.8) is 0 Å². The number of nitrogens with zero attached hydrogens (tertiary/aromatic N) is 4. The molecule has 1 saturated heterocycles. The molecular weight excluding hydrogens is 326 g/mol. The van der Waals surface area contributed by atoms with Crippen LogP contribution in [0, 0.1) is 6.92 Å². The predicted octanol–water partition coefficient (Wildman–Crippen LogP) is 2.76. The van der Waals surface area contributed by atoms with E-state index < -0.39 is 0 Å². The summed E-state index contributed by atoms with van der Waals surface area (Å²) in [4.78, 5) is 28.9. The molecule has 0 aromatic carbocycles. The monoisotopic (exact) mass is 353 g/mol. The molecule has 0 spiro atoms. The maximum atomic E-state index is 12.5. The second kappa shape index (κ2) is 7.58. The minimum Gasteiger partial charge on any atom is -0.339 e. The zero-order valence-corrected chi connectivity index (χ0v) is 15.5. The van der Waals surface area contributed by atoms with Crippen molar-refractivity contribution in [2.75, 3.05) is 32.7 Å². The molecule has 2 aliphatic heterocycles. The first kappa shape index (κ1) is 17.2. The Balaban J connectivity index is 1.36. The third kappa shape index (κ3) is 3.65. The van der Waals surface area contributed by atoms with Crippen LogP contribution in [0.25, 0.3) is 16.6 Å². The Hall–Kier alpha value is -2.21. The number of H-pyrrole nitrogens is 1. The highest BCUT2D eigenvalue weighted by Gasteiger charge is 2.20. The minimum absolute atomic E-state index is 0.282. The van der Waals surface area contributed by atoms with E-state index in [4.69, 9.17) is 0 Å². The van der Waals surface area contributed by atoms with Gasteiger partial charge in [0.05, 0.1) is 5.69 Å². The smallest absolute Gasteiger partial charge is 0.224 e. The summed E-state index contributed by atoms with van der Waals surface area (Å²) in [6, 6.07) is 2.13. The van der Waals surface area contributed by atoms with Crippen LogP contribution in [0.5, 0.6) is 0 Å². The molecule has 2 aromatic rings. The van der Waals surface area contributed by atoms with Crippen LogP contribution in [0.15, 0.2) is 18.5 Å². The van der Waals surface area contributed by atoms with Gasteiger partial charge in [0.15, 0.2) is 0 Å². The van der Waals surface area contributed by atoms with Crippen LogP contribution in [-0.2, 0) is 4.79 Å². The molecule has 1 fully saturated rings. The number of aryl methyl sites for hydroxylation is 1. The van der Waals surface area contributed by atoms with E-state index in [0.29, 0.717) is 13.0 Å². The molecule has 0 saturated carbocycles. The fourth-order valence-corrected chi connectivity index (χ4v) is 3.97. The van der Waals surface area contributed by atoms with Crippen molar-refractivity contribution >= 4 is 22.5 Å². The number of rotatable bonds is 4. The van der Waals surface area contributed by atoms with E-state index in [1.165, 1.54) is 24.8 Å². The average Bonchev–Trinajstić information content (AvgIpc) is 3.13. The summed E-state index contributed by atoms with van der Waals surface area (Å²) in [5, 5.41) is 1.07. The molecule has 1 amide bonds. The van der Waals surface area contributed by atoms with Gasteiger partial charge in [-0.2, -0.15) is 0 Å². The summed E-state index contributed by atoms with van der Waals surface area (Å²) in [6.45, 7) is 6.71. The number of carbonyl (C=O) groups excluding carboxylic acids is 1. The van der Waals surface area contributed by atoms with Crippen LogP contribution in [0.2, 0.25) is 0 Å². The maximum absolute atomic E-state index is 12.5. The van der Waals surface area contributed by atoms with Gasteiger partial charge < -0.3 is 14.8 Å². The van der Waals surface area contributed by atoms with Crippen LogP contribution in [0.1, 0.15) is 43.5 Å². The Morgan fingerprint density at radius 2 is 2.04 bits per heavy atom. The first-order valence-electron chi connectivity index (χ1n) is 9.70. The van der Waals surface area contributed by atoms with E-state index in [-0.39, 0.29) is 5.91 Å². The first-order valence-corrected chi connectivity index (χ1v) is 9.70. The van der Waals surface area contributed by atoms with Gasteiger partial charge in [0.1, 0.15) is 12.0 Å². The molecule has 2 aromatic heterocycles. The number of carbonyl (C=O) groups is 1. The van der Waals surface area contributed by atoms with Crippen molar-refractivity contribution in [3.8, 4) is 0 Å². The molecule has 1 N–H and O–H groups in total. The lowest BCUT2D eigenvalue weighted by Gasteiger charge is -2.29. The Bertz CT molecular complexity index is 819. The Labute approximate surface area is 154 Å². The van der Waals surface area contributed by atoms with Gasteiger partial charge in [0.25, 0.3) is 0 Å². The number of nitrogens with one attached hydrogen (secondary N) is 1. The van der Waals surface area contributed by atoms with E-state index >= 15 is 0 Å². The number of amides is 1. The molecule has 0 unspecified atom stereocenters. The number of likely N-dealkylation sites (tertiary alicyclic amines) is 1. The third-order valence-corrected chi connectivity index (χ3v) is 5.62. The molecule has 0 aliphatic carbocycles. The summed E-state index contributed by atoms with van der Waals surface area (Å²) < 4.78 is 0. The predicted molar refractivity (Wildman–Crippen MR) is 103 cm³/mol. The van der Waals surface area contributed by atoms with Crippen molar-refractivity contribution in [1.82, 2.24) is 24.8 Å². The molecule has 6 heteroatoms. The van der Waals surface area contributed by atoms with E-state index in [9.17, 15) is 4.79 Å². The van der Waals surface area contributed by atoms with Crippen LogP contribution >= 0.6 is 0 Å². The normalized spacial score (nSPS) is 19.0. The van der Waals surface area contributed by atoms with E-state index in [0.717, 1.165) is 55.0 Å². The van der Waals surface area contributed by atoms with Gasteiger partial charge in [-0.25, -0.2) is 9.97 Å². The fourth-order valence-electron chi connectivity index (χ4n) is 3.97. The Morgan fingerprint density at radius 3 is 2.77 bits per heavy atom. The van der Waals surface area contributed by atoms with Gasteiger partial charge in [-0.3, -0.25) is 4.79 Å². The standard InChI is InChI=1S/C20H27N5O/c1-15-17-13-18(23-20(17)22-14-21-15)16-5-11-25(12-6-16)19(26)7-10-24-8-3-2-4-9-24/h5,13-14H,2-4,6-12H2,1H3,(H,21,22,23). The lowest BCUT2D eigenvalue weighted by Crippen LogP contribution is -2.38. The van der Waals surface area contributed by atoms with Crippen molar-refractivity contribution in [3.05, 3.63) is 29.9 Å². The highest BCUT2D eigenvalue weighted by molar-refractivity contribution is 5.84. The Morgan fingerprint density at radius 1 is 1.19 bits per heavy atom. The lowest BCUT2D eigenvalue weighted by molar-refractivity contribution is -0.131. The van der Waals surface area contributed by atoms with Crippen LogP contribution < -0.4 is 0 Å². The highest BCUT2D eigenvalue weighted by atomic mass is 16.2. The highest BCUT2D eigenvalue weighted by Crippen LogP contribution is 2.26. The molecule has 0 atom stereocenters. The molecule has 138 valence electrons. The quantitative estimate of drug-likeness (QED) is 0.918. The van der Waals surface area contributed by atoms with E-state index in [2.05, 4.69) is 32.0 Å². The topological polar surface area (TPSA) is 65.1 Å². The summed E-state index contributed by atoms with van der Waals surface area (Å²) in [5.41, 5.74) is 4.24. The number of aromatic amines is 1. The molecular formula is C20H27N5O. The van der Waals surface area contributed by atoms with Gasteiger partial charge in [-0.1, -0.05) is 12.5 Å².